The minimum Gasteiger partial charge on any atom is -0.481 e. The van der Waals surface area contributed by atoms with Crippen molar-refractivity contribution >= 4 is 5.97 Å². The highest BCUT2D eigenvalue weighted by Gasteiger charge is 2.24. The Hall–Kier alpha value is -1.35. The molecule has 110 valence electrons. The first kappa shape index (κ1) is 15.0. The van der Waals surface area contributed by atoms with Crippen LogP contribution in [0.1, 0.15) is 38.2 Å². The number of aliphatic carboxylic acids is 1. The first-order valence-corrected chi connectivity index (χ1v) is 7.65. The summed E-state index contributed by atoms with van der Waals surface area (Å²) in [5, 5.41) is 8.92. The van der Waals surface area contributed by atoms with Crippen molar-refractivity contribution in [1.29, 1.82) is 0 Å². The molecule has 0 amide bonds. The Morgan fingerprint density at radius 1 is 1.40 bits per heavy atom. The lowest BCUT2D eigenvalue weighted by atomic mass is 9.93. The predicted octanol–water partition coefficient (Wildman–Crippen LogP) is 3.19. The van der Waals surface area contributed by atoms with Crippen LogP contribution in [0, 0.1) is 5.92 Å². The molecule has 2 unspecified atom stereocenters. The van der Waals surface area contributed by atoms with Crippen LogP contribution in [-0.2, 0) is 11.2 Å². The number of benzene rings is 1. The lowest BCUT2D eigenvalue weighted by Crippen LogP contribution is -2.42. The van der Waals surface area contributed by atoms with E-state index in [1.807, 2.05) is 6.07 Å². The molecule has 1 aliphatic heterocycles. The summed E-state index contributed by atoms with van der Waals surface area (Å²) >= 11 is 0. The predicted molar refractivity (Wildman–Crippen MR) is 80.8 cm³/mol. The van der Waals surface area contributed by atoms with E-state index < -0.39 is 5.97 Å². The summed E-state index contributed by atoms with van der Waals surface area (Å²) in [6, 6.07) is 11.1. The molecule has 0 bridgehead atoms. The molecule has 20 heavy (non-hydrogen) atoms. The van der Waals surface area contributed by atoms with Crippen molar-refractivity contribution in [3.05, 3.63) is 35.9 Å². The topological polar surface area (TPSA) is 40.5 Å². The van der Waals surface area contributed by atoms with Crippen LogP contribution in [0.25, 0.3) is 0 Å². The summed E-state index contributed by atoms with van der Waals surface area (Å²) in [4.78, 5) is 13.3. The number of hydrogen-bond acceptors (Lipinski definition) is 2. The molecule has 1 saturated heterocycles. The van der Waals surface area contributed by atoms with Gasteiger partial charge in [-0.1, -0.05) is 30.3 Å². The maximum Gasteiger partial charge on any atom is 0.303 e. The van der Waals surface area contributed by atoms with Crippen LogP contribution in [0.3, 0.4) is 0 Å². The van der Waals surface area contributed by atoms with Crippen molar-refractivity contribution in [2.24, 2.45) is 5.92 Å². The smallest absolute Gasteiger partial charge is 0.303 e. The third kappa shape index (κ3) is 4.64. The number of aryl methyl sites for hydroxylation is 1. The van der Waals surface area contributed by atoms with E-state index >= 15 is 0 Å². The van der Waals surface area contributed by atoms with Gasteiger partial charge >= 0.3 is 5.97 Å². The van der Waals surface area contributed by atoms with Crippen molar-refractivity contribution < 1.29 is 9.90 Å². The monoisotopic (exact) mass is 275 g/mol. The van der Waals surface area contributed by atoms with E-state index in [1.54, 1.807) is 0 Å². The molecular weight excluding hydrogens is 250 g/mol. The summed E-state index contributed by atoms with van der Waals surface area (Å²) in [6.07, 6.45) is 4.76. The van der Waals surface area contributed by atoms with Gasteiger partial charge in [0.15, 0.2) is 0 Å². The van der Waals surface area contributed by atoms with Crippen LogP contribution in [0.4, 0.5) is 0 Å². The Morgan fingerprint density at radius 2 is 2.15 bits per heavy atom. The minimum absolute atomic E-state index is 0.321. The van der Waals surface area contributed by atoms with E-state index in [0.29, 0.717) is 18.4 Å². The Kier molecular flexibility index (Phi) is 5.60. The van der Waals surface area contributed by atoms with Crippen molar-refractivity contribution in [3.63, 3.8) is 0 Å². The second-order valence-electron chi connectivity index (χ2n) is 5.97. The molecule has 3 heteroatoms. The molecule has 0 radical (unpaired) electrons. The average Bonchev–Trinajstić information content (AvgIpc) is 2.45. The van der Waals surface area contributed by atoms with Crippen LogP contribution in [0.15, 0.2) is 30.3 Å². The van der Waals surface area contributed by atoms with Gasteiger partial charge in [0, 0.05) is 19.0 Å². The third-order valence-electron chi connectivity index (χ3n) is 4.33. The molecule has 1 heterocycles. The number of nitrogens with zero attached hydrogens (tertiary/aromatic N) is 1. The summed E-state index contributed by atoms with van der Waals surface area (Å²) < 4.78 is 0. The maximum atomic E-state index is 10.8. The van der Waals surface area contributed by atoms with Gasteiger partial charge in [0.05, 0.1) is 0 Å². The highest BCUT2D eigenvalue weighted by Crippen LogP contribution is 2.22. The van der Waals surface area contributed by atoms with Gasteiger partial charge in [-0.2, -0.15) is 0 Å². The van der Waals surface area contributed by atoms with Gasteiger partial charge < -0.3 is 10.0 Å². The molecule has 2 rings (SSSR count). The number of carboxylic acid groups (broad SMARTS) is 1. The highest BCUT2D eigenvalue weighted by molar-refractivity contribution is 5.67. The second-order valence-corrected chi connectivity index (χ2v) is 5.97. The SMILES string of the molecule is CC(CCc1ccccc1)N1CCCC(CC(=O)O)C1. The minimum atomic E-state index is -0.659. The molecule has 0 saturated carbocycles. The molecule has 0 aliphatic carbocycles. The molecule has 1 aromatic carbocycles. The summed E-state index contributed by atoms with van der Waals surface area (Å²) in [6.45, 7) is 4.33. The van der Waals surface area contributed by atoms with E-state index in [0.717, 1.165) is 38.8 Å². The molecule has 0 spiro atoms. The first-order chi connectivity index (χ1) is 9.65. The highest BCUT2D eigenvalue weighted by atomic mass is 16.4. The van der Waals surface area contributed by atoms with Gasteiger partial charge in [0.1, 0.15) is 0 Å². The van der Waals surface area contributed by atoms with Gasteiger partial charge in [0.25, 0.3) is 0 Å². The number of hydrogen-bond donors (Lipinski definition) is 1. The summed E-state index contributed by atoms with van der Waals surface area (Å²) in [5.41, 5.74) is 1.39. The molecule has 2 atom stereocenters. The molecule has 1 N–H and O–H groups in total. The number of carbonyl (C=O) groups is 1. The number of carboxylic acids is 1. The van der Waals surface area contributed by atoms with Gasteiger partial charge in [-0.05, 0) is 50.6 Å². The molecule has 1 fully saturated rings. The van der Waals surface area contributed by atoms with E-state index in [9.17, 15) is 4.79 Å². The fourth-order valence-electron chi connectivity index (χ4n) is 3.11. The molecule has 0 aromatic heterocycles. The Morgan fingerprint density at radius 3 is 2.85 bits per heavy atom. The third-order valence-corrected chi connectivity index (χ3v) is 4.33. The molecular formula is C17H25NO2. The number of piperidine rings is 1. The van der Waals surface area contributed by atoms with Gasteiger partial charge in [-0.15, -0.1) is 0 Å². The van der Waals surface area contributed by atoms with Crippen molar-refractivity contribution in [2.75, 3.05) is 13.1 Å². The van der Waals surface area contributed by atoms with Gasteiger partial charge in [-0.3, -0.25) is 4.79 Å². The van der Waals surface area contributed by atoms with Crippen molar-refractivity contribution in [2.45, 2.75) is 45.1 Å². The van der Waals surface area contributed by atoms with E-state index in [1.165, 1.54) is 5.56 Å². The average molecular weight is 275 g/mol. The summed E-state index contributed by atoms with van der Waals surface area (Å²) in [7, 11) is 0. The second kappa shape index (κ2) is 7.44. The first-order valence-electron chi connectivity index (χ1n) is 7.65. The molecule has 1 aliphatic rings. The van der Waals surface area contributed by atoms with Crippen molar-refractivity contribution in [1.82, 2.24) is 4.90 Å². The lowest BCUT2D eigenvalue weighted by molar-refractivity contribution is -0.138. The van der Waals surface area contributed by atoms with Gasteiger partial charge in [0.2, 0.25) is 0 Å². The number of rotatable bonds is 6. The largest absolute Gasteiger partial charge is 0.481 e. The number of likely N-dealkylation sites (tertiary alicyclic amines) is 1. The van der Waals surface area contributed by atoms with E-state index in [-0.39, 0.29) is 0 Å². The Bertz CT molecular complexity index is 418. The fraction of sp³-hybridized carbons (Fsp3) is 0.588. The zero-order chi connectivity index (χ0) is 14.4. The van der Waals surface area contributed by atoms with Crippen LogP contribution >= 0.6 is 0 Å². The lowest BCUT2D eigenvalue weighted by Gasteiger charge is -2.36. The maximum absolute atomic E-state index is 10.8. The molecule has 1 aromatic rings. The Balaban J connectivity index is 1.79. The summed E-state index contributed by atoms with van der Waals surface area (Å²) in [5.74, 6) is -0.325. The van der Waals surface area contributed by atoms with Crippen LogP contribution in [0.5, 0.6) is 0 Å². The van der Waals surface area contributed by atoms with Crippen LogP contribution in [0.2, 0.25) is 0 Å². The normalized spacial score (nSPS) is 21.6. The zero-order valence-electron chi connectivity index (χ0n) is 12.3. The Labute approximate surface area is 121 Å². The van der Waals surface area contributed by atoms with Crippen LogP contribution < -0.4 is 0 Å². The fourth-order valence-corrected chi connectivity index (χ4v) is 3.11. The zero-order valence-corrected chi connectivity index (χ0v) is 12.3. The van der Waals surface area contributed by atoms with Crippen molar-refractivity contribution in [3.8, 4) is 0 Å². The van der Waals surface area contributed by atoms with Crippen LogP contribution in [-0.4, -0.2) is 35.1 Å². The van der Waals surface area contributed by atoms with E-state index in [4.69, 9.17) is 5.11 Å². The quantitative estimate of drug-likeness (QED) is 0.866. The standard InChI is InChI=1S/C17H25NO2/c1-14(9-10-15-6-3-2-4-7-15)18-11-5-8-16(13-18)12-17(19)20/h2-4,6-7,14,16H,5,8-13H2,1H3,(H,19,20). The van der Waals surface area contributed by atoms with Gasteiger partial charge in [-0.25, -0.2) is 0 Å². The van der Waals surface area contributed by atoms with E-state index in [2.05, 4.69) is 36.1 Å². The molecule has 3 nitrogen and oxygen atoms in total.